The van der Waals surface area contributed by atoms with Gasteiger partial charge in [-0.3, -0.25) is 9.59 Å². The highest BCUT2D eigenvalue weighted by Crippen LogP contribution is 2.45. The fourth-order valence-corrected chi connectivity index (χ4v) is 6.99. The lowest BCUT2D eigenvalue weighted by Crippen LogP contribution is -2.58. The summed E-state index contributed by atoms with van der Waals surface area (Å²) in [5.41, 5.74) is 0.729. The van der Waals surface area contributed by atoms with Crippen molar-refractivity contribution in [1.82, 2.24) is 5.32 Å². The zero-order valence-electron chi connectivity index (χ0n) is 20.7. The van der Waals surface area contributed by atoms with Gasteiger partial charge in [-0.1, -0.05) is 61.3 Å². The van der Waals surface area contributed by atoms with Gasteiger partial charge in [0.15, 0.2) is 9.84 Å². The number of amides is 1. The van der Waals surface area contributed by atoms with E-state index in [4.69, 9.17) is 23.2 Å². The molecule has 0 bridgehead atoms. The first-order valence-corrected chi connectivity index (χ1v) is 14.6. The number of hydrogen-bond acceptors (Lipinski definition) is 4. The van der Waals surface area contributed by atoms with Gasteiger partial charge in [0.25, 0.3) is 0 Å². The fraction of sp³-hybridized carbons (Fsp3) is 0.481. The van der Waals surface area contributed by atoms with E-state index in [1.807, 2.05) is 30.3 Å². The number of benzene rings is 2. The predicted octanol–water partition coefficient (Wildman–Crippen LogP) is 5.52. The van der Waals surface area contributed by atoms with Gasteiger partial charge in [0.05, 0.1) is 17.1 Å². The van der Waals surface area contributed by atoms with Crippen molar-refractivity contribution in [3.8, 4) is 0 Å². The van der Waals surface area contributed by atoms with Crippen molar-refractivity contribution in [1.29, 1.82) is 0 Å². The van der Waals surface area contributed by atoms with Crippen molar-refractivity contribution in [3.05, 3.63) is 69.7 Å². The van der Waals surface area contributed by atoms with E-state index >= 15 is 0 Å². The number of aryl methyl sites for hydroxylation is 1. The molecular formula is C27H33Cl2NO5S. The Kier molecular flexibility index (Phi) is 9.12. The lowest BCUT2D eigenvalue weighted by Gasteiger charge is -2.46. The molecule has 3 rings (SSSR count). The minimum absolute atomic E-state index is 0.00909. The van der Waals surface area contributed by atoms with Gasteiger partial charge in [-0.25, -0.2) is 8.42 Å². The number of carbonyl (C=O) groups excluding carboxylic acids is 1. The van der Waals surface area contributed by atoms with Crippen LogP contribution in [-0.4, -0.2) is 42.4 Å². The van der Waals surface area contributed by atoms with Crippen LogP contribution >= 0.6 is 23.2 Å². The highest BCUT2D eigenvalue weighted by molar-refractivity contribution is 7.91. The number of piperidine rings is 1. The number of sulfone groups is 1. The van der Waals surface area contributed by atoms with Crippen LogP contribution in [0.25, 0.3) is 0 Å². The summed E-state index contributed by atoms with van der Waals surface area (Å²) < 4.78 is 26.1. The van der Waals surface area contributed by atoms with Crippen LogP contribution in [0.2, 0.25) is 10.0 Å². The van der Waals surface area contributed by atoms with Crippen LogP contribution in [0, 0.1) is 11.3 Å². The summed E-state index contributed by atoms with van der Waals surface area (Å²) >= 11 is 12.3. The number of carboxylic acids is 1. The Labute approximate surface area is 223 Å². The molecule has 1 saturated heterocycles. The van der Waals surface area contributed by atoms with Crippen LogP contribution in [0.3, 0.4) is 0 Å². The summed E-state index contributed by atoms with van der Waals surface area (Å²) in [6.45, 7) is 4.98. The lowest BCUT2D eigenvalue weighted by molar-refractivity contribution is -0.147. The zero-order valence-corrected chi connectivity index (χ0v) is 23.0. The standard InChI is InChI=1S/C27H33Cl2NO5S/c1-4-36(34,35)17(2)22(13-10-18-8-11-20(28)12-9-18)25-23(19-6-5-7-21(29)14-19)15-27(3,16-24(31)32)26(33)30-25/h5-9,11-12,14,17,22-23,25H,4,10,13,15-16H2,1-3H3,(H,30,33)(H,31,32). The van der Waals surface area contributed by atoms with Crippen LogP contribution in [0.4, 0.5) is 0 Å². The second kappa shape index (κ2) is 11.5. The maximum atomic E-state index is 13.3. The number of carboxylic acid groups (broad SMARTS) is 1. The molecule has 0 radical (unpaired) electrons. The number of rotatable bonds is 10. The van der Waals surface area contributed by atoms with Gasteiger partial charge in [-0.05, 0) is 67.5 Å². The molecular weight excluding hydrogens is 521 g/mol. The van der Waals surface area contributed by atoms with Crippen molar-refractivity contribution in [3.63, 3.8) is 0 Å². The smallest absolute Gasteiger partial charge is 0.304 e. The first-order chi connectivity index (χ1) is 16.9. The van der Waals surface area contributed by atoms with Crippen molar-refractivity contribution >= 4 is 44.9 Å². The molecule has 1 aliphatic rings. The Bertz CT molecular complexity index is 1200. The molecule has 36 heavy (non-hydrogen) atoms. The van der Waals surface area contributed by atoms with Crippen molar-refractivity contribution < 1.29 is 23.1 Å². The summed E-state index contributed by atoms with van der Waals surface area (Å²) in [6, 6.07) is 14.2. The Hall–Kier alpha value is -2.09. The summed E-state index contributed by atoms with van der Waals surface area (Å²) in [7, 11) is -3.43. The molecule has 5 atom stereocenters. The molecule has 0 saturated carbocycles. The average Bonchev–Trinajstić information content (AvgIpc) is 2.81. The lowest BCUT2D eigenvalue weighted by atomic mass is 9.66. The van der Waals surface area contributed by atoms with Crippen molar-refractivity contribution in [2.24, 2.45) is 11.3 Å². The van der Waals surface area contributed by atoms with Crippen molar-refractivity contribution in [2.45, 2.75) is 63.7 Å². The fourth-order valence-electron chi connectivity index (χ4n) is 5.31. The maximum Gasteiger partial charge on any atom is 0.304 e. The summed E-state index contributed by atoms with van der Waals surface area (Å²) in [6.07, 6.45) is 1.07. The van der Waals surface area contributed by atoms with E-state index < -0.39 is 38.4 Å². The number of carbonyl (C=O) groups is 2. The largest absolute Gasteiger partial charge is 0.481 e. The number of hydrogen-bond donors (Lipinski definition) is 2. The van der Waals surface area contributed by atoms with Crippen LogP contribution in [0.15, 0.2) is 48.5 Å². The van der Waals surface area contributed by atoms with Gasteiger partial charge < -0.3 is 10.4 Å². The van der Waals surface area contributed by atoms with Crippen molar-refractivity contribution in [2.75, 3.05) is 5.75 Å². The van der Waals surface area contributed by atoms with E-state index in [1.165, 1.54) is 0 Å². The molecule has 0 spiro atoms. The molecule has 1 heterocycles. The van der Waals surface area contributed by atoms with Crippen LogP contribution in [0.1, 0.15) is 57.1 Å². The Morgan fingerprint density at radius 1 is 1.17 bits per heavy atom. The summed E-state index contributed by atoms with van der Waals surface area (Å²) in [4.78, 5) is 24.9. The highest BCUT2D eigenvalue weighted by atomic mass is 35.5. The molecule has 2 N–H and O–H groups in total. The van der Waals surface area contributed by atoms with E-state index in [0.29, 0.717) is 22.9 Å². The third-order valence-electron chi connectivity index (χ3n) is 7.48. The number of aliphatic carboxylic acids is 1. The molecule has 1 fully saturated rings. The molecule has 2 aromatic carbocycles. The quantitative estimate of drug-likeness (QED) is 0.403. The van der Waals surface area contributed by atoms with E-state index in [1.54, 1.807) is 39.0 Å². The van der Waals surface area contributed by atoms with Gasteiger partial charge >= 0.3 is 5.97 Å². The summed E-state index contributed by atoms with van der Waals surface area (Å²) in [5.74, 6) is -2.16. The molecule has 1 amide bonds. The Balaban J connectivity index is 2.05. The maximum absolute atomic E-state index is 13.3. The van der Waals surface area contributed by atoms with Gasteiger partial charge in [-0.15, -0.1) is 0 Å². The van der Waals surface area contributed by atoms with Gasteiger partial charge in [0.2, 0.25) is 5.91 Å². The molecule has 0 aromatic heterocycles. The molecule has 5 unspecified atom stereocenters. The second-order valence-corrected chi connectivity index (χ2v) is 13.5. The average molecular weight is 555 g/mol. The molecule has 6 nitrogen and oxygen atoms in total. The molecule has 0 aliphatic carbocycles. The normalized spacial score (nSPS) is 24.1. The van der Waals surface area contributed by atoms with Gasteiger partial charge in [-0.2, -0.15) is 0 Å². The molecule has 1 aliphatic heterocycles. The first-order valence-electron chi connectivity index (χ1n) is 12.1. The van der Waals surface area contributed by atoms with Crippen LogP contribution < -0.4 is 5.32 Å². The number of nitrogens with one attached hydrogen (secondary N) is 1. The monoisotopic (exact) mass is 553 g/mol. The second-order valence-electron chi connectivity index (χ2n) is 9.98. The first kappa shape index (κ1) is 28.5. The Morgan fingerprint density at radius 2 is 1.83 bits per heavy atom. The Morgan fingerprint density at radius 3 is 2.42 bits per heavy atom. The van der Waals surface area contributed by atoms with E-state index in [2.05, 4.69) is 5.32 Å². The zero-order chi connectivity index (χ0) is 26.7. The predicted molar refractivity (Wildman–Crippen MR) is 143 cm³/mol. The summed E-state index contributed by atoms with van der Waals surface area (Å²) in [5, 5.41) is 13.0. The van der Waals surface area contributed by atoms with Crippen LogP contribution in [0.5, 0.6) is 0 Å². The van der Waals surface area contributed by atoms with Gasteiger partial charge in [0, 0.05) is 27.8 Å². The van der Waals surface area contributed by atoms with E-state index in [9.17, 15) is 23.1 Å². The van der Waals surface area contributed by atoms with E-state index in [0.717, 1.165) is 11.1 Å². The van der Waals surface area contributed by atoms with Gasteiger partial charge in [0.1, 0.15) is 0 Å². The van der Waals surface area contributed by atoms with Crippen LogP contribution in [-0.2, 0) is 25.8 Å². The third-order valence-corrected chi connectivity index (χ3v) is 10.3. The molecule has 196 valence electrons. The third kappa shape index (κ3) is 6.61. The topological polar surface area (TPSA) is 101 Å². The SMILES string of the molecule is CCS(=O)(=O)C(C)C(CCc1ccc(Cl)cc1)C1NC(=O)C(C)(CC(=O)O)CC1c1cccc(Cl)c1. The highest BCUT2D eigenvalue weighted by Gasteiger charge is 2.49. The molecule has 9 heteroatoms. The minimum atomic E-state index is -3.43. The van der Waals surface area contributed by atoms with E-state index in [-0.39, 0.29) is 30.4 Å². The minimum Gasteiger partial charge on any atom is -0.481 e. The number of halogens is 2. The molecule has 2 aromatic rings.